The van der Waals surface area contributed by atoms with E-state index in [1.54, 1.807) is 0 Å². The number of rotatable bonds is 11. The summed E-state index contributed by atoms with van der Waals surface area (Å²) >= 11 is 0. The quantitative estimate of drug-likeness (QED) is 0.493. The van der Waals surface area contributed by atoms with Gasteiger partial charge in [-0.25, -0.2) is 0 Å². The molecule has 1 rings (SSSR count). The zero-order valence-electron chi connectivity index (χ0n) is 22.0. The van der Waals surface area contributed by atoms with Crippen molar-refractivity contribution in [2.24, 2.45) is 5.92 Å². The molecule has 1 fully saturated rings. The molecule has 1 aliphatic heterocycles. The highest BCUT2D eigenvalue weighted by Crippen LogP contribution is 2.20. The van der Waals surface area contributed by atoms with E-state index >= 15 is 0 Å². The standard InChI is InChI=1S/C25H50N4O2/c1-18(2)27(17-25(31)29(21(7)8)22(9)10)15-23-12-11-13-26(14-23)16-24(30)28(19(3)4)20(5)6/h18-23H,11-17H2,1-10H3. The van der Waals surface area contributed by atoms with Gasteiger partial charge in [0.05, 0.1) is 13.1 Å². The van der Waals surface area contributed by atoms with Crippen LogP contribution in [0.15, 0.2) is 0 Å². The third-order valence-corrected chi connectivity index (χ3v) is 6.32. The van der Waals surface area contributed by atoms with E-state index in [1.165, 1.54) is 0 Å². The summed E-state index contributed by atoms with van der Waals surface area (Å²) in [5.74, 6) is 0.937. The molecule has 0 aromatic rings. The summed E-state index contributed by atoms with van der Waals surface area (Å²) in [4.78, 5) is 34.6. The van der Waals surface area contributed by atoms with Gasteiger partial charge >= 0.3 is 0 Å². The number of amides is 2. The van der Waals surface area contributed by atoms with Crippen LogP contribution in [0.4, 0.5) is 0 Å². The Bertz CT molecular complexity index is 544. The first kappa shape index (κ1) is 27.9. The van der Waals surface area contributed by atoms with Gasteiger partial charge in [-0.15, -0.1) is 0 Å². The van der Waals surface area contributed by atoms with Crippen molar-refractivity contribution < 1.29 is 9.59 Å². The summed E-state index contributed by atoms with van der Waals surface area (Å²) in [6, 6.07) is 1.19. The zero-order valence-corrected chi connectivity index (χ0v) is 22.0. The van der Waals surface area contributed by atoms with Gasteiger partial charge in [0.2, 0.25) is 11.8 Å². The summed E-state index contributed by atoms with van der Waals surface area (Å²) in [6.07, 6.45) is 2.28. The number of nitrogens with zero attached hydrogens (tertiary/aromatic N) is 4. The van der Waals surface area contributed by atoms with Gasteiger partial charge in [0.15, 0.2) is 0 Å². The number of carbonyl (C=O) groups is 2. The molecule has 182 valence electrons. The van der Waals surface area contributed by atoms with Gasteiger partial charge in [-0.1, -0.05) is 0 Å². The highest BCUT2D eigenvalue weighted by atomic mass is 16.2. The predicted molar refractivity (Wildman–Crippen MR) is 130 cm³/mol. The van der Waals surface area contributed by atoms with E-state index in [0.717, 1.165) is 32.5 Å². The van der Waals surface area contributed by atoms with Crippen LogP contribution in [0.3, 0.4) is 0 Å². The normalized spacial score (nSPS) is 18.1. The minimum absolute atomic E-state index is 0.211. The topological polar surface area (TPSA) is 47.1 Å². The van der Waals surface area contributed by atoms with E-state index in [-0.39, 0.29) is 36.0 Å². The van der Waals surface area contributed by atoms with Crippen molar-refractivity contribution in [1.82, 2.24) is 19.6 Å². The Balaban J connectivity index is 2.74. The summed E-state index contributed by atoms with van der Waals surface area (Å²) in [7, 11) is 0. The minimum atomic E-state index is 0.211. The molecule has 0 aliphatic carbocycles. The van der Waals surface area contributed by atoms with Crippen molar-refractivity contribution in [2.45, 2.75) is 112 Å². The molecule has 0 spiro atoms. The Morgan fingerprint density at radius 2 is 1.26 bits per heavy atom. The molecule has 0 aromatic carbocycles. The maximum absolute atomic E-state index is 13.0. The van der Waals surface area contributed by atoms with Crippen molar-refractivity contribution in [3.63, 3.8) is 0 Å². The van der Waals surface area contributed by atoms with Gasteiger partial charge in [-0.2, -0.15) is 0 Å². The van der Waals surface area contributed by atoms with Crippen molar-refractivity contribution in [3.05, 3.63) is 0 Å². The third-order valence-electron chi connectivity index (χ3n) is 6.32. The second kappa shape index (κ2) is 12.8. The Labute approximate surface area is 192 Å². The molecule has 1 aliphatic rings. The lowest BCUT2D eigenvalue weighted by molar-refractivity contribution is -0.136. The highest BCUT2D eigenvalue weighted by molar-refractivity contribution is 5.79. The van der Waals surface area contributed by atoms with Gasteiger partial charge < -0.3 is 9.80 Å². The average Bonchev–Trinajstić information content (AvgIpc) is 2.59. The molecule has 2 amide bonds. The lowest BCUT2D eigenvalue weighted by Crippen LogP contribution is -2.52. The smallest absolute Gasteiger partial charge is 0.237 e. The van der Waals surface area contributed by atoms with Crippen molar-refractivity contribution in [2.75, 3.05) is 32.7 Å². The lowest BCUT2D eigenvalue weighted by Gasteiger charge is -2.39. The van der Waals surface area contributed by atoms with E-state index in [4.69, 9.17) is 0 Å². The van der Waals surface area contributed by atoms with E-state index in [2.05, 4.69) is 79.0 Å². The molecule has 0 bridgehead atoms. The van der Waals surface area contributed by atoms with E-state index in [0.29, 0.717) is 25.0 Å². The molecule has 0 aromatic heterocycles. The van der Waals surface area contributed by atoms with Crippen LogP contribution in [0.1, 0.15) is 82.1 Å². The number of hydrogen-bond donors (Lipinski definition) is 0. The molecule has 0 radical (unpaired) electrons. The van der Waals surface area contributed by atoms with Gasteiger partial charge in [0.25, 0.3) is 0 Å². The molecule has 31 heavy (non-hydrogen) atoms. The monoisotopic (exact) mass is 438 g/mol. The first-order valence-corrected chi connectivity index (χ1v) is 12.4. The predicted octanol–water partition coefficient (Wildman–Crippen LogP) is 3.70. The number of piperidine rings is 1. The maximum Gasteiger partial charge on any atom is 0.237 e. The van der Waals surface area contributed by atoms with Gasteiger partial charge in [0, 0.05) is 43.3 Å². The molecular formula is C25H50N4O2. The van der Waals surface area contributed by atoms with E-state index < -0.39 is 0 Å². The Morgan fingerprint density at radius 1 is 0.774 bits per heavy atom. The Hall–Kier alpha value is -1.14. The summed E-state index contributed by atoms with van der Waals surface area (Å²) < 4.78 is 0. The first-order valence-electron chi connectivity index (χ1n) is 12.4. The molecule has 1 unspecified atom stereocenters. The first-order chi connectivity index (χ1) is 14.3. The number of carbonyl (C=O) groups excluding carboxylic acids is 2. The largest absolute Gasteiger partial charge is 0.337 e. The SMILES string of the molecule is CC(C)N(CC(=O)N(C(C)C)C(C)C)CC1CCCN(CC(=O)N(C(C)C)C(C)C)C1. The van der Waals surface area contributed by atoms with E-state index in [1.807, 2.05) is 9.80 Å². The van der Waals surface area contributed by atoms with Crippen molar-refractivity contribution in [1.29, 1.82) is 0 Å². The molecule has 1 atom stereocenters. The fraction of sp³-hybridized carbons (Fsp3) is 0.920. The van der Waals surface area contributed by atoms with Crippen LogP contribution in [-0.4, -0.2) is 94.3 Å². The molecule has 0 N–H and O–H groups in total. The maximum atomic E-state index is 13.0. The Kier molecular flexibility index (Phi) is 11.5. The van der Waals surface area contributed by atoms with Gasteiger partial charge in [-0.05, 0) is 94.5 Å². The lowest BCUT2D eigenvalue weighted by atomic mass is 9.96. The molecule has 0 saturated carbocycles. The second-order valence-electron chi connectivity index (χ2n) is 10.7. The van der Waals surface area contributed by atoms with Crippen LogP contribution >= 0.6 is 0 Å². The molecule has 1 heterocycles. The number of hydrogen-bond acceptors (Lipinski definition) is 4. The van der Waals surface area contributed by atoms with Crippen LogP contribution in [0, 0.1) is 5.92 Å². The average molecular weight is 439 g/mol. The zero-order chi connectivity index (χ0) is 23.9. The van der Waals surface area contributed by atoms with Gasteiger partial charge in [0.1, 0.15) is 0 Å². The summed E-state index contributed by atoms with van der Waals surface area (Å²) in [5.41, 5.74) is 0. The van der Waals surface area contributed by atoms with Crippen LogP contribution < -0.4 is 0 Å². The highest BCUT2D eigenvalue weighted by Gasteiger charge is 2.29. The summed E-state index contributed by atoms with van der Waals surface area (Å²) in [6.45, 7) is 24.9. The second-order valence-corrected chi connectivity index (χ2v) is 10.7. The number of likely N-dealkylation sites (tertiary alicyclic amines) is 1. The summed E-state index contributed by atoms with van der Waals surface area (Å²) in [5, 5.41) is 0. The van der Waals surface area contributed by atoms with E-state index in [9.17, 15) is 9.59 Å². The third kappa shape index (κ3) is 8.72. The van der Waals surface area contributed by atoms with Crippen molar-refractivity contribution >= 4 is 11.8 Å². The molecule has 6 nitrogen and oxygen atoms in total. The van der Waals surface area contributed by atoms with Crippen LogP contribution in [-0.2, 0) is 9.59 Å². The molecular weight excluding hydrogens is 388 g/mol. The fourth-order valence-corrected chi connectivity index (χ4v) is 5.11. The van der Waals surface area contributed by atoms with Crippen LogP contribution in [0.2, 0.25) is 0 Å². The van der Waals surface area contributed by atoms with Crippen LogP contribution in [0.25, 0.3) is 0 Å². The molecule has 6 heteroatoms. The van der Waals surface area contributed by atoms with Gasteiger partial charge in [-0.3, -0.25) is 19.4 Å². The Morgan fingerprint density at radius 3 is 1.71 bits per heavy atom. The van der Waals surface area contributed by atoms with Crippen LogP contribution in [0.5, 0.6) is 0 Å². The minimum Gasteiger partial charge on any atom is -0.337 e. The molecule has 1 saturated heterocycles. The fourth-order valence-electron chi connectivity index (χ4n) is 5.11. The van der Waals surface area contributed by atoms with Crippen molar-refractivity contribution in [3.8, 4) is 0 Å².